The van der Waals surface area contributed by atoms with Crippen molar-refractivity contribution in [3.8, 4) is 11.5 Å². The van der Waals surface area contributed by atoms with E-state index in [-0.39, 0.29) is 12.5 Å². The number of ether oxygens (including phenoxy) is 2. The van der Waals surface area contributed by atoms with Crippen LogP contribution in [0.1, 0.15) is 27.8 Å². The SMILES string of the molecule is COc1cc(C(=O)NC(c2ccccc2)c2nccn2C)ccc1OCC(=O)Nc1ccc(F)cc1. The largest absolute Gasteiger partial charge is 0.493 e. The van der Waals surface area contributed by atoms with E-state index in [1.807, 2.05) is 48.1 Å². The fraction of sp³-hybridized carbons (Fsp3) is 0.148. The standard InChI is InChI=1S/C27H25FN4O4/c1-32-15-14-29-26(32)25(18-6-4-3-5-7-18)31-27(34)19-8-13-22(23(16-19)35-2)36-17-24(33)30-21-11-9-20(28)10-12-21/h3-16,25H,17H2,1-2H3,(H,30,33)(H,31,34). The average molecular weight is 489 g/mol. The van der Waals surface area contributed by atoms with Crippen molar-refractivity contribution in [2.24, 2.45) is 7.05 Å². The van der Waals surface area contributed by atoms with E-state index in [9.17, 15) is 14.0 Å². The van der Waals surface area contributed by atoms with Crippen LogP contribution < -0.4 is 20.1 Å². The van der Waals surface area contributed by atoms with Crippen molar-refractivity contribution in [3.05, 3.63) is 108 Å². The van der Waals surface area contributed by atoms with Crippen LogP contribution >= 0.6 is 0 Å². The third-order valence-electron chi connectivity index (χ3n) is 5.44. The van der Waals surface area contributed by atoms with Gasteiger partial charge in [0.25, 0.3) is 11.8 Å². The Hall–Kier alpha value is -4.66. The Balaban J connectivity index is 1.45. The Morgan fingerprint density at radius 2 is 1.78 bits per heavy atom. The van der Waals surface area contributed by atoms with Crippen molar-refractivity contribution in [3.63, 3.8) is 0 Å². The second-order valence-electron chi connectivity index (χ2n) is 7.92. The van der Waals surface area contributed by atoms with E-state index in [0.29, 0.717) is 28.6 Å². The fourth-order valence-corrected chi connectivity index (χ4v) is 3.61. The number of nitrogens with one attached hydrogen (secondary N) is 2. The number of amides is 2. The summed E-state index contributed by atoms with van der Waals surface area (Å²) in [7, 11) is 3.31. The van der Waals surface area contributed by atoms with Crippen LogP contribution in [0.2, 0.25) is 0 Å². The van der Waals surface area contributed by atoms with Gasteiger partial charge in [-0.05, 0) is 48.0 Å². The first-order valence-electron chi connectivity index (χ1n) is 11.1. The van der Waals surface area contributed by atoms with Crippen LogP contribution in [0.25, 0.3) is 0 Å². The van der Waals surface area contributed by atoms with Gasteiger partial charge in [0, 0.05) is 30.7 Å². The van der Waals surface area contributed by atoms with Crippen LogP contribution in [0, 0.1) is 5.82 Å². The third kappa shape index (κ3) is 5.87. The van der Waals surface area contributed by atoms with E-state index < -0.39 is 17.8 Å². The number of nitrogens with zero attached hydrogens (tertiary/aromatic N) is 2. The van der Waals surface area contributed by atoms with Crippen molar-refractivity contribution < 1.29 is 23.5 Å². The highest BCUT2D eigenvalue weighted by atomic mass is 19.1. The van der Waals surface area contributed by atoms with Gasteiger partial charge in [0.2, 0.25) is 0 Å². The zero-order chi connectivity index (χ0) is 25.5. The van der Waals surface area contributed by atoms with Crippen LogP contribution in [0.15, 0.2) is 85.2 Å². The molecule has 2 N–H and O–H groups in total. The molecule has 0 aliphatic heterocycles. The third-order valence-corrected chi connectivity index (χ3v) is 5.44. The van der Waals surface area contributed by atoms with Crippen LogP contribution in [0.3, 0.4) is 0 Å². The van der Waals surface area contributed by atoms with Gasteiger partial charge in [0.15, 0.2) is 18.1 Å². The molecule has 0 saturated carbocycles. The van der Waals surface area contributed by atoms with Gasteiger partial charge < -0.3 is 24.7 Å². The predicted octanol–water partition coefficient (Wildman–Crippen LogP) is 4.10. The van der Waals surface area contributed by atoms with Crippen LogP contribution in [-0.4, -0.2) is 35.1 Å². The van der Waals surface area contributed by atoms with Gasteiger partial charge in [0.1, 0.15) is 17.7 Å². The summed E-state index contributed by atoms with van der Waals surface area (Å²) in [5.41, 5.74) is 1.69. The van der Waals surface area contributed by atoms with E-state index in [0.717, 1.165) is 5.56 Å². The maximum atomic E-state index is 13.2. The molecule has 1 heterocycles. The molecule has 0 aliphatic rings. The maximum absolute atomic E-state index is 13.2. The molecule has 0 spiro atoms. The minimum atomic E-state index is -0.462. The Morgan fingerprint density at radius 1 is 1.03 bits per heavy atom. The average Bonchev–Trinajstić information content (AvgIpc) is 3.33. The number of hydrogen-bond acceptors (Lipinski definition) is 5. The van der Waals surface area contributed by atoms with Gasteiger partial charge >= 0.3 is 0 Å². The molecule has 184 valence electrons. The molecule has 0 saturated heterocycles. The van der Waals surface area contributed by atoms with Crippen molar-refractivity contribution in [2.45, 2.75) is 6.04 Å². The first-order chi connectivity index (χ1) is 17.4. The van der Waals surface area contributed by atoms with E-state index in [1.165, 1.54) is 31.4 Å². The zero-order valence-electron chi connectivity index (χ0n) is 19.8. The first-order valence-corrected chi connectivity index (χ1v) is 11.1. The van der Waals surface area contributed by atoms with Crippen LogP contribution in [-0.2, 0) is 11.8 Å². The molecule has 4 aromatic rings. The molecular weight excluding hydrogens is 463 g/mol. The lowest BCUT2D eigenvalue weighted by Gasteiger charge is -2.19. The molecule has 0 aliphatic carbocycles. The lowest BCUT2D eigenvalue weighted by atomic mass is 10.1. The number of benzene rings is 3. The number of imidazole rings is 1. The summed E-state index contributed by atoms with van der Waals surface area (Å²) in [4.78, 5) is 29.8. The number of rotatable bonds is 9. The van der Waals surface area contributed by atoms with Crippen molar-refractivity contribution >= 4 is 17.5 Å². The molecule has 9 heteroatoms. The highest BCUT2D eigenvalue weighted by Gasteiger charge is 2.22. The molecule has 36 heavy (non-hydrogen) atoms. The molecule has 4 rings (SSSR count). The minimum absolute atomic E-state index is 0.297. The lowest BCUT2D eigenvalue weighted by Crippen LogP contribution is -2.31. The summed E-state index contributed by atoms with van der Waals surface area (Å²) < 4.78 is 25.9. The van der Waals surface area contributed by atoms with Gasteiger partial charge in [-0.1, -0.05) is 30.3 Å². The maximum Gasteiger partial charge on any atom is 0.262 e. The Labute approximate surface area is 207 Å². The molecule has 1 aromatic heterocycles. The van der Waals surface area contributed by atoms with Gasteiger partial charge in [0.05, 0.1) is 7.11 Å². The number of anilines is 1. The molecule has 0 fully saturated rings. The zero-order valence-corrected chi connectivity index (χ0v) is 19.8. The second kappa shape index (κ2) is 11.2. The minimum Gasteiger partial charge on any atom is -0.493 e. The molecule has 1 atom stereocenters. The van der Waals surface area contributed by atoms with Gasteiger partial charge in [-0.15, -0.1) is 0 Å². The quantitative estimate of drug-likeness (QED) is 0.370. The topological polar surface area (TPSA) is 94.5 Å². The number of carbonyl (C=O) groups excluding carboxylic acids is 2. The van der Waals surface area contributed by atoms with Crippen LogP contribution in [0.4, 0.5) is 10.1 Å². The summed E-state index contributed by atoms with van der Waals surface area (Å²) in [5.74, 6) is 0.135. The number of carbonyl (C=O) groups is 2. The molecule has 1 unspecified atom stereocenters. The number of aromatic nitrogens is 2. The number of aryl methyl sites for hydroxylation is 1. The van der Waals surface area contributed by atoms with Gasteiger partial charge in [-0.3, -0.25) is 9.59 Å². The Kier molecular flexibility index (Phi) is 7.60. The molecule has 0 bridgehead atoms. The molecule has 0 radical (unpaired) electrons. The number of hydrogen-bond donors (Lipinski definition) is 2. The Bertz CT molecular complexity index is 1340. The smallest absolute Gasteiger partial charge is 0.262 e. The number of halogens is 1. The normalized spacial score (nSPS) is 11.4. The predicted molar refractivity (Wildman–Crippen MR) is 132 cm³/mol. The van der Waals surface area contributed by atoms with Gasteiger partial charge in [-0.25, -0.2) is 9.37 Å². The van der Waals surface area contributed by atoms with E-state index in [4.69, 9.17) is 9.47 Å². The monoisotopic (exact) mass is 488 g/mol. The van der Waals surface area contributed by atoms with Crippen LogP contribution in [0.5, 0.6) is 11.5 Å². The lowest BCUT2D eigenvalue weighted by molar-refractivity contribution is -0.118. The summed E-state index contributed by atoms with van der Waals surface area (Å²) in [6.07, 6.45) is 3.50. The second-order valence-corrected chi connectivity index (χ2v) is 7.92. The summed E-state index contributed by atoms with van der Waals surface area (Å²) in [6.45, 7) is -0.297. The molecular formula is C27H25FN4O4. The first kappa shape index (κ1) is 24.5. The highest BCUT2D eigenvalue weighted by Crippen LogP contribution is 2.29. The molecule has 3 aromatic carbocycles. The van der Waals surface area contributed by atoms with E-state index in [1.54, 1.807) is 24.4 Å². The fourth-order valence-electron chi connectivity index (χ4n) is 3.61. The Morgan fingerprint density at radius 3 is 2.44 bits per heavy atom. The summed E-state index contributed by atoms with van der Waals surface area (Å²) in [6, 6.07) is 19.2. The van der Waals surface area contributed by atoms with E-state index >= 15 is 0 Å². The summed E-state index contributed by atoms with van der Waals surface area (Å²) >= 11 is 0. The van der Waals surface area contributed by atoms with E-state index in [2.05, 4.69) is 15.6 Å². The highest BCUT2D eigenvalue weighted by molar-refractivity contribution is 5.95. The van der Waals surface area contributed by atoms with Crippen molar-refractivity contribution in [2.75, 3.05) is 19.0 Å². The molecule has 2 amide bonds. The molecule has 8 nitrogen and oxygen atoms in total. The van der Waals surface area contributed by atoms with Crippen molar-refractivity contribution in [1.82, 2.24) is 14.9 Å². The van der Waals surface area contributed by atoms with Crippen molar-refractivity contribution in [1.29, 1.82) is 0 Å². The number of methoxy groups -OCH3 is 1. The summed E-state index contributed by atoms with van der Waals surface area (Å²) in [5, 5.41) is 5.65. The van der Waals surface area contributed by atoms with Gasteiger partial charge in [-0.2, -0.15) is 0 Å².